The summed E-state index contributed by atoms with van der Waals surface area (Å²) >= 11 is 9.03. The number of carbonyl (C=O) groups excluding carboxylic acids is 2. The van der Waals surface area contributed by atoms with E-state index in [1.165, 1.54) is 0 Å². The quantitative estimate of drug-likeness (QED) is 0.196. The van der Waals surface area contributed by atoms with Crippen molar-refractivity contribution in [1.82, 2.24) is 9.80 Å². The number of halogens is 3. The number of hydrogen-bond donors (Lipinski definition) is 1. The Morgan fingerprint density at radius 1 is 1.00 bits per heavy atom. The van der Waals surface area contributed by atoms with Gasteiger partial charge in [-0.15, -0.1) is 23.1 Å². The molecule has 46 heavy (non-hydrogen) atoms. The highest BCUT2D eigenvalue weighted by Crippen LogP contribution is 2.41. The van der Waals surface area contributed by atoms with E-state index in [9.17, 15) is 23.5 Å². The standard InChI is InChI=1S/C35H37ClF2N2O4S2/c1-35(2,3)44-34(43)39(4)23-10-12-24(13-11-23)40(33(42)32-30(36)29-26(37)14-15-27(38)31(29)46-32)19-22-17-21(9-16-28(22)41)20-7-6-8-25(18-20)45-5/h6-9,14-18,23-24,41H,10-13,19H2,1-5H3/t23-,24-. The first-order valence-corrected chi connectivity index (χ1v) is 17.5. The van der Waals surface area contributed by atoms with Crippen molar-refractivity contribution in [2.75, 3.05) is 13.3 Å². The zero-order valence-corrected chi connectivity index (χ0v) is 28.8. The van der Waals surface area contributed by atoms with Gasteiger partial charge in [-0.3, -0.25) is 4.79 Å². The van der Waals surface area contributed by atoms with Crippen molar-refractivity contribution in [1.29, 1.82) is 0 Å². The van der Waals surface area contributed by atoms with E-state index in [-0.39, 0.29) is 44.4 Å². The van der Waals surface area contributed by atoms with Gasteiger partial charge in [0.1, 0.15) is 27.9 Å². The van der Waals surface area contributed by atoms with E-state index in [0.717, 1.165) is 39.5 Å². The predicted octanol–water partition coefficient (Wildman–Crippen LogP) is 9.75. The molecule has 1 saturated carbocycles. The zero-order valence-electron chi connectivity index (χ0n) is 26.4. The maximum absolute atomic E-state index is 14.8. The summed E-state index contributed by atoms with van der Waals surface area (Å²) in [5.74, 6) is -1.80. The Kier molecular flexibility index (Phi) is 10.2. The molecule has 6 nitrogen and oxygen atoms in total. The second kappa shape index (κ2) is 13.8. The molecule has 3 aromatic carbocycles. The first kappa shape index (κ1) is 34.0. The number of phenolic OH excluding ortho intramolecular Hbond substituents is 1. The maximum atomic E-state index is 14.8. The molecule has 1 heterocycles. The van der Waals surface area contributed by atoms with Gasteiger partial charge >= 0.3 is 6.09 Å². The average molecular weight is 687 g/mol. The Balaban J connectivity index is 1.48. The van der Waals surface area contributed by atoms with Crippen LogP contribution in [0.25, 0.3) is 21.2 Å². The van der Waals surface area contributed by atoms with Crippen LogP contribution < -0.4 is 0 Å². The minimum Gasteiger partial charge on any atom is -0.508 e. The van der Waals surface area contributed by atoms with Crippen molar-refractivity contribution in [2.45, 2.75) is 75.6 Å². The molecule has 1 aliphatic rings. The van der Waals surface area contributed by atoms with Crippen LogP contribution in [0.2, 0.25) is 5.02 Å². The highest BCUT2D eigenvalue weighted by Gasteiger charge is 2.35. The number of nitrogens with zero attached hydrogens (tertiary/aromatic N) is 2. The van der Waals surface area contributed by atoms with Crippen molar-refractivity contribution in [3.8, 4) is 16.9 Å². The Morgan fingerprint density at radius 3 is 2.30 bits per heavy atom. The number of ether oxygens (including phenoxy) is 1. The number of hydrogen-bond acceptors (Lipinski definition) is 6. The van der Waals surface area contributed by atoms with Gasteiger partial charge in [0.05, 0.1) is 15.1 Å². The normalized spacial score (nSPS) is 16.8. The molecular formula is C35H37ClF2N2O4S2. The lowest BCUT2D eigenvalue weighted by molar-refractivity contribution is 0.0144. The van der Waals surface area contributed by atoms with Gasteiger partial charge in [0.15, 0.2) is 0 Å². The van der Waals surface area contributed by atoms with Crippen LogP contribution in [0.5, 0.6) is 5.75 Å². The molecule has 0 bridgehead atoms. The lowest BCUT2D eigenvalue weighted by Crippen LogP contribution is -2.47. The first-order chi connectivity index (χ1) is 21.8. The summed E-state index contributed by atoms with van der Waals surface area (Å²) in [6.45, 7) is 5.51. The van der Waals surface area contributed by atoms with E-state index in [2.05, 4.69) is 6.07 Å². The van der Waals surface area contributed by atoms with Crippen LogP contribution in [0, 0.1) is 11.6 Å². The fraction of sp³-hybridized carbons (Fsp3) is 0.371. The van der Waals surface area contributed by atoms with E-state index >= 15 is 0 Å². The summed E-state index contributed by atoms with van der Waals surface area (Å²) in [5, 5.41) is 10.7. The highest BCUT2D eigenvalue weighted by molar-refractivity contribution is 7.98. The van der Waals surface area contributed by atoms with Crippen LogP contribution in [0.15, 0.2) is 59.5 Å². The summed E-state index contributed by atoms with van der Waals surface area (Å²) in [5.41, 5.74) is 1.75. The largest absolute Gasteiger partial charge is 0.508 e. The molecular weight excluding hydrogens is 650 g/mol. The molecule has 5 rings (SSSR count). The minimum absolute atomic E-state index is 0.0190. The van der Waals surface area contributed by atoms with Crippen LogP contribution in [0.1, 0.15) is 61.7 Å². The number of rotatable bonds is 7. The maximum Gasteiger partial charge on any atom is 0.410 e. The summed E-state index contributed by atoms with van der Waals surface area (Å²) in [6.07, 6.45) is 3.94. The van der Waals surface area contributed by atoms with Gasteiger partial charge in [0.2, 0.25) is 0 Å². The zero-order chi connectivity index (χ0) is 33.3. The van der Waals surface area contributed by atoms with Gasteiger partial charge in [0.25, 0.3) is 5.91 Å². The molecule has 1 aromatic heterocycles. The monoisotopic (exact) mass is 686 g/mol. The molecule has 0 spiro atoms. The molecule has 0 atom stereocenters. The number of thioether (sulfide) groups is 1. The number of thiophene rings is 1. The molecule has 244 valence electrons. The smallest absolute Gasteiger partial charge is 0.410 e. The fourth-order valence-corrected chi connectivity index (χ4v) is 7.82. The molecule has 0 saturated heterocycles. The molecule has 1 N–H and O–H groups in total. The Morgan fingerprint density at radius 2 is 1.65 bits per heavy atom. The lowest BCUT2D eigenvalue weighted by atomic mass is 9.89. The van der Waals surface area contributed by atoms with Gasteiger partial charge in [-0.1, -0.05) is 29.8 Å². The molecule has 2 amide bonds. The van der Waals surface area contributed by atoms with Crippen LogP contribution in [0.4, 0.5) is 13.6 Å². The van der Waals surface area contributed by atoms with E-state index in [4.69, 9.17) is 16.3 Å². The third kappa shape index (κ3) is 7.29. The predicted molar refractivity (Wildman–Crippen MR) is 182 cm³/mol. The third-order valence-electron chi connectivity index (χ3n) is 8.30. The summed E-state index contributed by atoms with van der Waals surface area (Å²) < 4.78 is 35.0. The number of benzene rings is 3. The fourth-order valence-electron chi connectivity index (χ4n) is 5.85. The molecule has 0 unspecified atom stereocenters. The van der Waals surface area contributed by atoms with E-state index in [1.54, 1.807) is 34.7 Å². The lowest BCUT2D eigenvalue weighted by Gasteiger charge is -2.40. The van der Waals surface area contributed by atoms with Crippen molar-refractivity contribution in [3.63, 3.8) is 0 Å². The average Bonchev–Trinajstić information content (AvgIpc) is 3.39. The van der Waals surface area contributed by atoms with Crippen LogP contribution in [0.3, 0.4) is 0 Å². The van der Waals surface area contributed by atoms with E-state index in [1.807, 2.05) is 57.4 Å². The van der Waals surface area contributed by atoms with E-state index in [0.29, 0.717) is 31.2 Å². The summed E-state index contributed by atoms with van der Waals surface area (Å²) in [7, 11) is 1.72. The van der Waals surface area contributed by atoms with Crippen LogP contribution in [-0.2, 0) is 11.3 Å². The SMILES string of the molecule is CSc1cccc(-c2ccc(O)c(CN(C(=O)c3sc4c(F)ccc(F)c4c3Cl)[C@H]3CC[C@H](N(C)C(=O)OC(C)(C)C)CC3)c2)c1. The Hall–Kier alpha value is -3.34. The number of fused-ring (bicyclic) bond motifs is 1. The molecule has 1 aliphatic carbocycles. The third-order valence-corrected chi connectivity index (χ3v) is 10.7. The second-order valence-corrected chi connectivity index (χ2v) is 14.8. The van der Waals surface area contributed by atoms with Gasteiger partial charge in [-0.05, 0) is 100 Å². The Bertz CT molecular complexity index is 1770. The summed E-state index contributed by atoms with van der Waals surface area (Å²) in [6, 6.07) is 15.0. The van der Waals surface area contributed by atoms with Gasteiger partial charge in [-0.2, -0.15) is 0 Å². The Labute approximate surface area is 281 Å². The van der Waals surface area contributed by atoms with Gasteiger partial charge in [-0.25, -0.2) is 13.6 Å². The topological polar surface area (TPSA) is 70.1 Å². The molecule has 0 radical (unpaired) electrons. The molecule has 0 aliphatic heterocycles. The molecule has 4 aromatic rings. The number of amides is 2. The van der Waals surface area contributed by atoms with Crippen LogP contribution in [-0.4, -0.2) is 57.9 Å². The van der Waals surface area contributed by atoms with Crippen molar-refractivity contribution in [2.24, 2.45) is 0 Å². The molecule has 1 fully saturated rings. The number of aromatic hydroxyl groups is 1. The number of carbonyl (C=O) groups is 2. The second-order valence-electron chi connectivity index (χ2n) is 12.5. The van der Waals surface area contributed by atoms with E-state index < -0.39 is 29.2 Å². The molecule has 11 heteroatoms. The first-order valence-electron chi connectivity index (χ1n) is 15.1. The summed E-state index contributed by atoms with van der Waals surface area (Å²) in [4.78, 5) is 31.5. The van der Waals surface area contributed by atoms with Gasteiger partial charge < -0.3 is 19.6 Å². The van der Waals surface area contributed by atoms with Crippen molar-refractivity contribution >= 4 is 56.8 Å². The van der Waals surface area contributed by atoms with Crippen molar-refractivity contribution in [3.05, 3.63) is 81.7 Å². The van der Waals surface area contributed by atoms with Crippen LogP contribution >= 0.6 is 34.7 Å². The highest BCUT2D eigenvalue weighted by atomic mass is 35.5. The minimum atomic E-state index is -0.702. The van der Waals surface area contributed by atoms with Crippen molar-refractivity contribution < 1.29 is 28.2 Å². The number of phenols is 1. The van der Waals surface area contributed by atoms with Gasteiger partial charge in [0, 0.05) is 36.1 Å².